The molecule has 3 heterocycles. The Morgan fingerprint density at radius 1 is 1.24 bits per heavy atom. The number of nitrogens with zero attached hydrogens (tertiary/aromatic N) is 3. The van der Waals surface area contributed by atoms with Crippen molar-refractivity contribution in [3.63, 3.8) is 0 Å². The van der Waals surface area contributed by atoms with Crippen LogP contribution in [0, 0.1) is 6.92 Å². The maximum Gasteiger partial charge on any atom is 0.277 e. The van der Waals surface area contributed by atoms with Crippen LogP contribution in [0.3, 0.4) is 0 Å². The fourth-order valence-electron chi connectivity index (χ4n) is 3.75. The van der Waals surface area contributed by atoms with Crippen LogP contribution in [0.15, 0.2) is 35.1 Å². The van der Waals surface area contributed by atoms with Crippen LogP contribution in [0.1, 0.15) is 46.8 Å². The van der Waals surface area contributed by atoms with E-state index in [-0.39, 0.29) is 5.56 Å². The highest BCUT2D eigenvalue weighted by atomic mass is 16.1. The molecule has 1 aliphatic heterocycles. The molecule has 128 valence electrons. The lowest BCUT2D eigenvalue weighted by Gasteiger charge is -2.27. The first-order valence-corrected chi connectivity index (χ1v) is 9.09. The minimum Gasteiger partial charge on any atom is -0.294 e. The summed E-state index contributed by atoms with van der Waals surface area (Å²) in [6.45, 7) is 4.60. The van der Waals surface area contributed by atoms with Gasteiger partial charge < -0.3 is 0 Å². The Morgan fingerprint density at radius 2 is 2.04 bits per heavy atom. The number of benzene rings is 1. The van der Waals surface area contributed by atoms with Crippen molar-refractivity contribution in [1.82, 2.24) is 19.5 Å². The van der Waals surface area contributed by atoms with Gasteiger partial charge in [0.2, 0.25) is 0 Å². The number of aryl methyl sites for hydroxylation is 1. The third-order valence-corrected chi connectivity index (χ3v) is 5.40. The number of aromatic amines is 1. The Bertz CT molecular complexity index is 995. The van der Waals surface area contributed by atoms with Crippen LogP contribution in [0.4, 0.5) is 0 Å². The predicted molar refractivity (Wildman–Crippen MR) is 96.8 cm³/mol. The molecule has 0 spiro atoms. The van der Waals surface area contributed by atoms with Crippen LogP contribution in [-0.4, -0.2) is 26.0 Å². The van der Waals surface area contributed by atoms with Gasteiger partial charge in [-0.05, 0) is 25.3 Å². The largest absolute Gasteiger partial charge is 0.294 e. The molecule has 0 radical (unpaired) electrons. The summed E-state index contributed by atoms with van der Waals surface area (Å²) in [5, 5.41) is 3.27. The topological polar surface area (TPSA) is 53.4 Å². The van der Waals surface area contributed by atoms with Gasteiger partial charge in [0, 0.05) is 43.7 Å². The van der Waals surface area contributed by atoms with Gasteiger partial charge in [-0.25, -0.2) is 9.50 Å². The fraction of sp³-hybridized carbons (Fsp3) is 0.400. The first kappa shape index (κ1) is 14.9. The zero-order valence-electron chi connectivity index (χ0n) is 14.5. The predicted octanol–water partition coefficient (Wildman–Crippen LogP) is 2.77. The van der Waals surface area contributed by atoms with E-state index in [1.54, 1.807) is 4.52 Å². The van der Waals surface area contributed by atoms with E-state index in [0.29, 0.717) is 12.5 Å². The monoisotopic (exact) mass is 334 g/mol. The number of hydrogen-bond donors (Lipinski definition) is 1. The molecular formula is C20H22N4O. The van der Waals surface area contributed by atoms with Gasteiger partial charge in [0.25, 0.3) is 5.56 Å². The summed E-state index contributed by atoms with van der Waals surface area (Å²) in [5.74, 6) is 0.594. The van der Waals surface area contributed by atoms with Gasteiger partial charge in [-0.3, -0.25) is 14.8 Å². The van der Waals surface area contributed by atoms with Crippen molar-refractivity contribution >= 4 is 5.65 Å². The number of aromatic nitrogens is 3. The molecular weight excluding hydrogens is 312 g/mol. The van der Waals surface area contributed by atoms with Gasteiger partial charge in [-0.2, -0.15) is 0 Å². The molecule has 0 saturated heterocycles. The molecule has 1 N–H and O–H groups in total. The zero-order chi connectivity index (χ0) is 17.0. The van der Waals surface area contributed by atoms with E-state index in [1.807, 2.05) is 0 Å². The molecule has 0 bridgehead atoms. The molecule has 5 heteroatoms. The first-order chi connectivity index (χ1) is 12.2. The van der Waals surface area contributed by atoms with Crippen molar-refractivity contribution in [2.24, 2.45) is 0 Å². The van der Waals surface area contributed by atoms with Crippen molar-refractivity contribution < 1.29 is 0 Å². The van der Waals surface area contributed by atoms with E-state index in [9.17, 15) is 4.79 Å². The lowest BCUT2D eigenvalue weighted by molar-refractivity contribution is 0.241. The van der Waals surface area contributed by atoms with Gasteiger partial charge in [-0.1, -0.05) is 29.8 Å². The third kappa shape index (κ3) is 2.68. The molecule has 0 atom stereocenters. The SMILES string of the molecule is Cc1ccc(CN2CCc3nc4cc(C5CC5)[nH]n4c(=O)c3C2)cc1. The summed E-state index contributed by atoms with van der Waals surface area (Å²) >= 11 is 0. The van der Waals surface area contributed by atoms with Crippen LogP contribution in [-0.2, 0) is 19.5 Å². The normalized spacial score (nSPS) is 17.8. The van der Waals surface area contributed by atoms with E-state index in [0.717, 1.165) is 42.1 Å². The molecule has 2 aromatic heterocycles. The Kier molecular flexibility index (Phi) is 3.31. The lowest BCUT2D eigenvalue weighted by Crippen LogP contribution is -2.36. The zero-order valence-corrected chi connectivity index (χ0v) is 14.5. The summed E-state index contributed by atoms with van der Waals surface area (Å²) in [7, 11) is 0. The minimum absolute atomic E-state index is 0.0699. The van der Waals surface area contributed by atoms with Crippen molar-refractivity contribution in [1.29, 1.82) is 0 Å². The van der Waals surface area contributed by atoms with Crippen LogP contribution in [0.25, 0.3) is 5.65 Å². The van der Waals surface area contributed by atoms with Gasteiger partial charge in [0.05, 0.1) is 11.3 Å². The third-order valence-electron chi connectivity index (χ3n) is 5.40. The molecule has 1 fully saturated rings. The lowest BCUT2D eigenvalue weighted by atomic mass is 10.1. The summed E-state index contributed by atoms with van der Waals surface area (Å²) in [6, 6.07) is 10.7. The number of hydrogen-bond acceptors (Lipinski definition) is 3. The first-order valence-electron chi connectivity index (χ1n) is 9.09. The Hall–Kier alpha value is -2.40. The summed E-state index contributed by atoms with van der Waals surface area (Å²) in [5.41, 5.74) is 6.39. The molecule has 1 aliphatic carbocycles. The van der Waals surface area contributed by atoms with E-state index in [4.69, 9.17) is 4.98 Å². The van der Waals surface area contributed by atoms with Crippen molar-refractivity contribution in [2.45, 2.75) is 45.2 Å². The minimum atomic E-state index is 0.0699. The summed E-state index contributed by atoms with van der Waals surface area (Å²) in [6.07, 6.45) is 3.27. The van der Waals surface area contributed by atoms with E-state index >= 15 is 0 Å². The Labute approximate surface area is 146 Å². The number of fused-ring (bicyclic) bond motifs is 2. The highest BCUT2D eigenvalue weighted by Crippen LogP contribution is 2.39. The van der Waals surface area contributed by atoms with Crippen LogP contribution < -0.4 is 5.56 Å². The number of nitrogens with one attached hydrogen (secondary N) is 1. The van der Waals surface area contributed by atoms with Crippen molar-refractivity contribution in [3.8, 4) is 0 Å². The number of rotatable bonds is 3. The average Bonchev–Trinajstić information content (AvgIpc) is 3.38. The van der Waals surface area contributed by atoms with Gasteiger partial charge in [0.1, 0.15) is 0 Å². The van der Waals surface area contributed by atoms with E-state index in [2.05, 4.69) is 47.3 Å². The van der Waals surface area contributed by atoms with Crippen LogP contribution >= 0.6 is 0 Å². The quantitative estimate of drug-likeness (QED) is 0.801. The molecule has 2 aliphatic rings. The second-order valence-electron chi connectivity index (χ2n) is 7.47. The molecule has 3 aromatic rings. The number of H-pyrrole nitrogens is 1. The Morgan fingerprint density at radius 3 is 2.80 bits per heavy atom. The van der Waals surface area contributed by atoms with Crippen molar-refractivity contribution in [3.05, 3.63) is 68.8 Å². The fourth-order valence-corrected chi connectivity index (χ4v) is 3.75. The van der Waals surface area contributed by atoms with Crippen LogP contribution in [0.2, 0.25) is 0 Å². The van der Waals surface area contributed by atoms with Gasteiger partial charge in [-0.15, -0.1) is 0 Å². The Balaban J connectivity index is 1.45. The van der Waals surface area contributed by atoms with E-state index in [1.165, 1.54) is 24.0 Å². The molecule has 1 aromatic carbocycles. The van der Waals surface area contributed by atoms with E-state index < -0.39 is 0 Å². The summed E-state index contributed by atoms with van der Waals surface area (Å²) in [4.78, 5) is 20.0. The second kappa shape index (κ2) is 5.56. The van der Waals surface area contributed by atoms with Gasteiger partial charge >= 0.3 is 0 Å². The smallest absolute Gasteiger partial charge is 0.277 e. The maximum atomic E-state index is 12.9. The molecule has 5 rings (SSSR count). The maximum absolute atomic E-state index is 12.9. The molecule has 0 unspecified atom stereocenters. The molecule has 0 amide bonds. The summed E-state index contributed by atoms with van der Waals surface area (Å²) < 4.78 is 1.64. The second-order valence-corrected chi connectivity index (χ2v) is 7.47. The molecule has 5 nitrogen and oxygen atoms in total. The molecule has 25 heavy (non-hydrogen) atoms. The van der Waals surface area contributed by atoms with Gasteiger partial charge in [0.15, 0.2) is 5.65 Å². The van der Waals surface area contributed by atoms with Crippen molar-refractivity contribution in [2.75, 3.05) is 6.54 Å². The standard InChI is InChI=1S/C20H22N4O/c1-13-2-4-14(5-3-13)11-23-9-8-17-16(12-23)20(25)24-19(21-17)10-18(22-24)15-6-7-15/h2-5,10,15,22H,6-9,11-12H2,1H3. The highest BCUT2D eigenvalue weighted by molar-refractivity contribution is 5.44. The average molecular weight is 334 g/mol. The van der Waals surface area contributed by atoms with Crippen LogP contribution in [0.5, 0.6) is 0 Å². The molecule has 1 saturated carbocycles. The highest BCUT2D eigenvalue weighted by Gasteiger charge is 2.27.